The van der Waals surface area contributed by atoms with Gasteiger partial charge in [-0.15, -0.1) is 11.3 Å². The van der Waals surface area contributed by atoms with Gasteiger partial charge in [0.15, 0.2) is 16.9 Å². The molecule has 0 fully saturated rings. The number of para-hydroxylation sites is 1. The van der Waals surface area contributed by atoms with Crippen LogP contribution < -0.4 is 5.32 Å². The molecule has 8 heteroatoms. The van der Waals surface area contributed by atoms with Gasteiger partial charge in [-0.2, -0.15) is 0 Å². The molecule has 4 aromatic rings. The van der Waals surface area contributed by atoms with Crippen molar-refractivity contribution in [3.63, 3.8) is 0 Å². The summed E-state index contributed by atoms with van der Waals surface area (Å²) in [4.78, 5) is 29.0. The zero-order chi connectivity index (χ0) is 20.4. The van der Waals surface area contributed by atoms with Crippen molar-refractivity contribution in [1.29, 1.82) is 0 Å². The van der Waals surface area contributed by atoms with Crippen LogP contribution in [-0.4, -0.2) is 23.0 Å². The Morgan fingerprint density at radius 3 is 2.76 bits per heavy atom. The van der Waals surface area contributed by atoms with Gasteiger partial charge in [0.2, 0.25) is 5.76 Å². The van der Waals surface area contributed by atoms with E-state index in [0.29, 0.717) is 10.8 Å². The van der Waals surface area contributed by atoms with Crippen LogP contribution in [-0.2, 0) is 9.53 Å². The molecule has 0 unspecified atom stereocenters. The van der Waals surface area contributed by atoms with Crippen molar-refractivity contribution < 1.29 is 23.1 Å². The van der Waals surface area contributed by atoms with E-state index >= 15 is 0 Å². The van der Waals surface area contributed by atoms with Crippen molar-refractivity contribution in [2.45, 2.75) is 13.0 Å². The largest absolute Gasteiger partial charge is 0.447 e. The van der Waals surface area contributed by atoms with Crippen LogP contribution in [0.1, 0.15) is 17.5 Å². The predicted molar refractivity (Wildman–Crippen MR) is 107 cm³/mol. The van der Waals surface area contributed by atoms with Gasteiger partial charge in [0.05, 0.1) is 10.2 Å². The molecule has 0 saturated carbocycles. The van der Waals surface area contributed by atoms with Gasteiger partial charge < -0.3 is 14.5 Å². The fraction of sp³-hybridized carbons (Fsp3) is 0.0952. The van der Waals surface area contributed by atoms with Gasteiger partial charge in [-0.25, -0.2) is 14.2 Å². The van der Waals surface area contributed by atoms with E-state index in [9.17, 15) is 14.0 Å². The zero-order valence-electron chi connectivity index (χ0n) is 15.2. The van der Waals surface area contributed by atoms with Crippen molar-refractivity contribution in [1.82, 2.24) is 4.98 Å². The summed E-state index contributed by atoms with van der Waals surface area (Å²) in [6.45, 7) is 1.42. The number of halogens is 1. The second kappa shape index (κ2) is 7.84. The van der Waals surface area contributed by atoms with E-state index in [-0.39, 0.29) is 11.4 Å². The number of fused-ring (bicyclic) bond motifs is 1. The highest BCUT2D eigenvalue weighted by atomic mass is 32.1. The van der Waals surface area contributed by atoms with Crippen molar-refractivity contribution in [3.8, 4) is 10.8 Å². The highest BCUT2D eigenvalue weighted by molar-refractivity contribution is 7.21. The molecule has 2 aromatic heterocycles. The Morgan fingerprint density at radius 1 is 1.14 bits per heavy atom. The SMILES string of the molecule is C[C@@H](OC(=O)c1ccc(-c2nc3ccccc3s2)o1)C(=O)Nc1cccc(F)c1. The first-order valence-electron chi connectivity index (χ1n) is 8.73. The number of benzene rings is 2. The van der Waals surface area contributed by atoms with Crippen molar-refractivity contribution in [2.24, 2.45) is 0 Å². The fourth-order valence-electron chi connectivity index (χ4n) is 2.62. The Balaban J connectivity index is 1.42. The number of nitrogens with one attached hydrogen (secondary N) is 1. The first-order valence-corrected chi connectivity index (χ1v) is 9.54. The number of furan rings is 1. The van der Waals surface area contributed by atoms with Gasteiger partial charge in [-0.05, 0) is 49.4 Å². The lowest BCUT2D eigenvalue weighted by Crippen LogP contribution is -2.29. The van der Waals surface area contributed by atoms with E-state index in [1.54, 1.807) is 6.07 Å². The van der Waals surface area contributed by atoms with Gasteiger partial charge in [0.25, 0.3) is 5.91 Å². The standard InChI is InChI=1S/C21H15FN2O4S/c1-12(19(25)23-14-6-4-5-13(22)11-14)27-21(26)17-10-9-16(28-17)20-24-15-7-2-3-8-18(15)29-20/h2-12H,1H3,(H,23,25)/t12-/m1/s1. The van der Waals surface area contributed by atoms with Crippen molar-refractivity contribution >= 4 is 39.1 Å². The van der Waals surface area contributed by atoms with Crippen molar-refractivity contribution in [2.75, 3.05) is 5.32 Å². The lowest BCUT2D eigenvalue weighted by molar-refractivity contribution is -0.123. The molecule has 29 heavy (non-hydrogen) atoms. The number of rotatable bonds is 5. The molecule has 0 saturated heterocycles. The Bertz CT molecular complexity index is 1170. The third-order valence-corrected chi connectivity index (χ3v) is 5.11. The lowest BCUT2D eigenvalue weighted by Gasteiger charge is -2.12. The average Bonchev–Trinajstić information content (AvgIpc) is 3.35. The van der Waals surface area contributed by atoms with E-state index in [0.717, 1.165) is 10.2 Å². The van der Waals surface area contributed by atoms with Gasteiger partial charge >= 0.3 is 5.97 Å². The molecule has 0 bridgehead atoms. The second-order valence-electron chi connectivity index (χ2n) is 6.20. The number of thiazole rings is 1. The summed E-state index contributed by atoms with van der Waals surface area (Å²) < 4.78 is 24.9. The predicted octanol–water partition coefficient (Wildman–Crippen LogP) is 4.88. The summed E-state index contributed by atoms with van der Waals surface area (Å²) in [5.41, 5.74) is 1.12. The zero-order valence-corrected chi connectivity index (χ0v) is 16.0. The molecular formula is C21H15FN2O4S. The molecule has 4 rings (SSSR count). The first kappa shape index (κ1) is 18.8. The highest BCUT2D eigenvalue weighted by Gasteiger charge is 2.22. The molecule has 6 nitrogen and oxygen atoms in total. The normalized spacial score (nSPS) is 11.9. The molecule has 1 atom stereocenters. The molecule has 0 radical (unpaired) electrons. The van der Waals surface area contributed by atoms with Crippen LogP contribution in [0, 0.1) is 5.82 Å². The molecule has 146 valence electrons. The van der Waals surface area contributed by atoms with Crippen LogP contribution >= 0.6 is 11.3 Å². The lowest BCUT2D eigenvalue weighted by atomic mass is 10.3. The molecule has 0 aliphatic rings. The summed E-state index contributed by atoms with van der Waals surface area (Å²) in [7, 11) is 0. The third-order valence-electron chi connectivity index (χ3n) is 4.06. The summed E-state index contributed by atoms with van der Waals surface area (Å²) in [6, 6.07) is 16.2. The van der Waals surface area contributed by atoms with E-state index in [2.05, 4.69) is 10.3 Å². The quantitative estimate of drug-likeness (QED) is 0.474. The number of amides is 1. The highest BCUT2D eigenvalue weighted by Crippen LogP contribution is 2.31. The van der Waals surface area contributed by atoms with E-state index < -0.39 is 23.8 Å². The number of ether oxygens (including phenoxy) is 1. The minimum absolute atomic E-state index is 0.0374. The number of hydrogen-bond donors (Lipinski definition) is 1. The van der Waals surface area contributed by atoms with Crippen LogP contribution in [0.25, 0.3) is 21.0 Å². The first-order chi connectivity index (χ1) is 14.0. The van der Waals surface area contributed by atoms with Crippen LogP contribution in [0.15, 0.2) is 65.1 Å². The smallest absolute Gasteiger partial charge is 0.375 e. The number of nitrogens with zero attached hydrogens (tertiary/aromatic N) is 1. The molecular weight excluding hydrogens is 395 g/mol. The number of esters is 1. The molecule has 0 aliphatic carbocycles. The monoisotopic (exact) mass is 410 g/mol. The summed E-state index contributed by atoms with van der Waals surface area (Å²) in [5.74, 6) is -1.44. The van der Waals surface area contributed by atoms with Gasteiger partial charge in [-0.3, -0.25) is 4.79 Å². The molecule has 1 amide bonds. The summed E-state index contributed by atoms with van der Waals surface area (Å²) in [6.07, 6.45) is -1.10. The van der Waals surface area contributed by atoms with Crippen LogP contribution in [0.5, 0.6) is 0 Å². The summed E-state index contributed by atoms with van der Waals surface area (Å²) in [5, 5.41) is 3.13. The Morgan fingerprint density at radius 2 is 1.97 bits per heavy atom. The number of hydrogen-bond acceptors (Lipinski definition) is 6. The Labute approximate surface area is 168 Å². The maximum Gasteiger partial charge on any atom is 0.375 e. The van der Waals surface area contributed by atoms with Crippen LogP contribution in [0.2, 0.25) is 0 Å². The van der Waals surface area contributed by atoms with Gasteiger partial charge in [-0.1, -0.05) is 18.2 Å². The minimum Gasteiger partial charge on any atom is -0.447 e. The minimum atomic E-state index is -1.10. The Kier molecular flexibility index (Phi) is 5.09. The Hall–Kier alpha value is -3.52. The molecule has 2 aromatic carbocycles. The van der Waals surface area contributed by atoms with Crippen molar-refractivity contribution in [3.05, 3.63) is 72.2 Å². The molecule has 1 N–H and O–H groups in total. The van der Waals surface area contributed by atoms with Crippen LogP contribution in [0.3, 0.4) is 0 Å². The second-order valence-corrected chi connectivity index (χ2v) is 7.23. The fourth-order valence-corrected chi connectivity index (χ4v) is 3.55. The summed E-state index contributed by atoms with van der Waals surface area (Å²) >= 11 is 1.44. The van der Waals surface area contributed by atoms with Crippen LogP contribution in [0.4, 0.5) is 10.1 Å². The van der Waals surface area contributed by atoms with E-state index in [4.69, 9.17) is 9.15 Å². The third kappa shape index (κ3) is 4.17. The topological polar surface area (TPSA) is 81.4 Å². The van der Waals surface area contributed by atoms with E-state index in [1.807, 2.05) is 24.3 Å². The van der Waals surface area contributed by atoms with Gasteiger partial charge in [0, 0.05) is 5.69 Å². The number of carbonyl (C=O) groups excluding carboxylic acids is 2. The average molecular weight is 410 g/mol. The van der Waals surface area contributed by atoms with E-state index in [1.165, 1.54) is 48.6 Å². The van der Waals surface area contributed by atoms with Gasteiger partial charge in [0.1, 0.15) is 5.82 Å². The maximum absolute atomic E-state index is 13.2. The molecule has 0 spiro atoms. The number of aromatic nitrogens is 1. The number of anilines is 1. The maximum atomic E-state index is 13.2. The molecule has 2 heterocycles. The molecule has 0 aliphatic heterocycles. The number of carbonyl (C=O) groups is 2.